The fourth-order valence-electron chi connectivity index (χ4n) is 3.17. The molecule has 122 valence electrons. The molecule has 1 N–H and O–H groups in total. The highest BCUT2D eigenvalue weighted by Gasteiger charge is 2.20. The molecule has 0 radical (unpaired) electrons. The lowest BCUT2D eigenvalue weighted by molar-refractivity contribution is 0.242. The fourth-order valence-corrected chi connectivity index (χ4v) is 3.17. The van der Waals surface area contributed by atoms with Crippen LogP contribution in [-0.2, 0) is 19.5 Å². The molecule has 4 rings (SSSR count). The molecule has 0 fully saturated rings. The molecule has 24 heavy (non-hydrogen) atoms. The first-order valence-corrected chi connectivity index (χ1v) is 8.18. The summed E-state index contributed by atoms with van der Waals surface area (Å²) in [6.07, 6.45) is 6.48. The second-order valence-corrected chi connectivity index (χ2v) is 6.28. The monoisotopic (exact) mass is 320 g/mol. The predicted molar refractivity (Wildman–Crippen MR) is 91.1 cm³/mol. The van der Waals surface area contributed by atoms with Crippen LogP contribution in [0.1, 0.15) is 28.2 Å². The molecular formula is C18H20N6. The normalized spacial score (nSPS) is 14.6. The number of hydrogen-bond donors (Lipinski definition) is 1. The van der Waals surface area contributed by atoms with Crippen molar-refractivity contribution in [1.82, 2.24) is 30.0 Å². The molecule has 0 spiro atoms. The highest BCUT2D eigenvalue weighted by molar-refractivity contribution is 5.53. The number of nitrogens with zero attached hydrogens (tertiary/aromatic N) is 5. The van der Waals surface area contributed by atoms with Gasteiger partial charge < -0.3 is 0 Å². The summed E-state index contributed by atoms with van der Waals surface area (Å²) in [5, 5.41) is 7.35. The second-order valence-electron chi connectivity index (χ2n) is 6.28. The number of rotatable bonds is 3. The van der Waals surface area contributed by atoms with Gasteiger partial charge >= 0.3 is 0 Å². The van der Waals surface area contributed by atoms with E-state index >= 15 is 0 Å². The molecule has 6 nitrogen and oxygen atoms in total. The van der Waals surface area contributed by atoms with Gasteiger partial charge in [-0.3, -0.25) is 15.0 Å². The molecule has 3 aromatic rings. The third kappa shape index (κ3) is 2.80. The SMILES string of the molecule is Cc1n[nH]c(C)c1CN1CCc2nc(-c3cccnc3)ncc2C1. The zero-order valence-electron chi connectivity index (χ0n) is 14.0. The molecule has 1 aliphatic heterocycles. The van der Waals surface area contributed by atoms with Crippen LogP contribution in [0, 0.1) is 13.8 Å². The Hall–Kier alpha value is -2.60. The largest absolute Gasteiger partial charge is 0.294 e. The number of aryl methyl sites for hydroxylation is 2. The van der Waals surface area contributed by atoms with Crippen LogP contribution in [0.2, 0.25) is 0 Å². The van der Waals surface area contributed by atoms with Gasteiger partial charge in [-0.2, -0.15) is 5.10 Å². The van der Waals surface area contributed by atoms with Crippen LogP contribution in [0.5, 0.6) is 0 Å². The van der Waals surface area contributed by atoms with Crippen molar-refractivity contribution in [2.24, 2.45) is 0 Å². The molecule has 0 atom stereocenters. The summed E-state index contributed by atoms with van der Waals surface area (Å²) in [6, 6.07) is 3.91. The Morgan fingerprint density at radius 2 is 2.17 bits per heavy atom. The van der Waals surface area contributed by atoms with Gasteiger partial charge in [-0.15, -0.1) is 0 Å². The first kappa shape index (κ1) is 15.0. The van der Waals surface area contributed by atoms with Crippen molar-refractivity contribution in [3.63, 3.8) is 0 Å². The molecule has 0 aliphatic carbocycles. The van der Waals surface area contributed by atoms with Gasteiger partial charge in [0.15, 0.2) is 5.82 Å². The summed E-state index contributed by atoms with van der Waals surface area (Å²) in [6.45, 7) is 6.93. The summed E-state index contributed by atoms with van der Waals surface area (Å²) in [5.74, 6) is 0.761. The molecule has 0 saturated heterocycles. The standard InChI is InChI=1S/C18H20N6/c1-12-16(13(2)23-22-12)11-24-7-5-17-15(10-24)9-20-18(21-17)14-4-3-6-19-8-14/h3-4,6,8-9H,5,7,10-11H2,1-2H3,(H,22,23). The average molecular weight is 320 g/mol. The van der Waals surface area contributed by atoms with E-state index in [1.165, 1.54) is 11.1 Å². The van der Waals surface area contributed by atoms with Crippen molar-refractivity contribution >= 4 is 0 Å². The van der Waals surface area contributed by atoms with Crippen molar-refractivity contribution in [3.8, 4) is 11.4 Å². The number of aromatic amines is 1. The third-order valence-corrected chi connectivity index (χ3v) is 4.60. The van der Waals surface area contributed by atoms with E-state index in [9.17, 15) is 0 Å². The van der Waals surface area contributed by atoms with E-state index in [1.54, 1.807) is 12.4 Å². The summed E-state index contributed by atoms with van der Waals surface area (Å²) < 4.78 is 0. The Morgan fingerprint density at radius 3 is 2.92 bits per heavy atom. The van der Waals surface area contributed by atoms with Crippen LogP contribution < -0.4 is 0 Å². The Bertz CT molecular complexity index is 836. The van der Waals surface area contributed by atoms with E-state index in [2.05, 4.69) is 38.9 Å². The van der Waals surface area contributed by atoms with Crippen molar-refractivity contribution in [2.45, 2.75) is 33.4 Å². The topological polar surface area (TPSA) is 70.6 Å². The van der Waals surface area contributed by atoms with E-state index in [4.69, 9.17) is 4.98 Å². The highest BCUT2D eigenvalue weighted by atomic mass is 15.2. The average Bonchev–Trinajstić information content (AvgIpc) is 2.94. The minimum atomic E-state index is 0.761. The van der Waals surface area contributed by atoms with Gasteiger partial charge in [-0.1, -0.05) is 0 Å². The van der Waals surface area contributed by atoms with Crippen molar-refractivity contribution in [3.05, 3.63) is 58.9 Å². The maximum absolute atomic E-state index is 4.75. The molecule has 0 aromatic carbocycles. The first-order chi connectivity index (χ1) is 11.7. The Morgan fingerprint density at radius 1 is 1.25 bits per heavy atom. The zero-order chi connectivity index (χ0) is 16.5. The lowest BCUT2D eigenvalue weighted by Crippen LogP contribution is -2.31. The predicted octanol–water partition coefficient (Wildman–Crippen LogP) is 2.44. The van der Waals surface area contributed by atoms with E-state index in [0.717, 1.165) is 54.5 Å². The molecule has 6 heteroatoms. The van der Waals surface area contributed by atoms with Crippen LogP contribution in [0.25, 0.3) is 11.4 Å². The lowest BCUT2D eigenvalue weighted by atomic mass is 10.1. The summed E-state index contributed by atoms with van der Waals surface area (Å²) >= 11 is 0. The summed E-state index contributed by atoms with van der Waals surface area (Å²) in [7, 11) is 0. The zero-order valence-corrected chi connectivity index (χ0v) is 14.0. The molecular weight excluding hydrogens is 300 g/mol. The Labute approximate surface area is 141 Å². The Balaban J connectivity index is 1.54. The summed E-state index contributed by atoms with van der Waals surface area (Å²) in [4.78, 5) is 15.9. The first-order valence-electron chi connectivity index (χ1n) is 8.18. The van der Waals surface area contributed by atoms with E-state index in [-0.39, 0.29) is 0 Å². The van der Waals surface area contributed by atoms with Crippen LogP contribution >= 0.6 is 0 Å². The van der Waals surface area contributed by atoms with Crippen molar-refractivity contribution in [2.75, 3.05) is 6.54 Å². The molecule has 0 saturated carbocycles. The number of H-pyrrole nitrogens is 1. The van der Waals surface area contributed by atoms with Gasteiger partial charge in [0.05, 0.1) is 11.4 Å². The number of fused-ring (bicyclic) bond motifs is 1. The molecule has 4 heterocycles. The van der Waals surface area contributed by atoms with Crippen LogP contribution in [0.4, 0.5) is 0 Å². The molecule has 1 aliphatic rings. The lowest BCUT2D eigenvalue weighted by Gasteiger charge is -2.28. The number of aromatic nitrogens is 5. The third-order valence-electron chi connectivity index (χ3n) is 4.60. The van der Waals surface area contributed by atoms with E-state index in [0.29, 0.717) is 0 Å². The van der Waals surface area contributed by atoms with Gasteiger partial charge in [0.25, 0.3) is 0 Å². The second kappa shape index (κ2) is 6.13. The minimum Gasteiger partial charge on any atom is -0.294 e. The molecule has 3 aromatic heterocycles. The van der Waals surface area contributed by atoms with Crippen molar-refractivity contribution in [1.29, 1.82) is 0 Å². The van der Waals surface area contributed by atoms with Gasteiger partial charge in [0.2, 0.25) is 0 Å². The maximum Gasteiger partial charge on any atom is 0.160 e. The van der Waals surface area contributed by atoms with Gasteiger partial charge in [-0.05, 0) is 26.0 Å². The maximum atomic E-state index is 4.75. The van der Waals surface area contributed by atoms with E-state index < -0.39 is 0 Å². The molecule has 0 amide bonds. The van der Waals surface area contributed by atoms with E-state index in [1.807, 2.05) is 18.3 Å². The molecule has 0 unspecified atom stereocenters. The van der Waals surface area contributed by atoms with Crippen LogP contribution in [-0.4, -0.2) is 36.6 Å². The smallest absolute Gasteiger partial charge is 0.160 e. The summed E-state index contributed by atoms with van der Waals surface area (Å²) in [5.41, 5.74) is 6.87. The number of hydrogen-bond acceptors (Lipinski definition) is 5. The van der Waals surface area contributed by atoms with Crippen molar-refractivity contribution < 1.29 is 0 Å². The van der Waals surface area contributed by atoms with Gasteiger partial charge in [0, 0.05) is 67.0 Å². The van der Waals surface area contributed by atoms with Gasteiger partial charge in [-0.25, -0.2) is 9.97 Å². The quantitative estimate of drug-likeness (QED) is 0.802. The van der Waals surface area contributed by atoms with Crippen LogP contribution in [0.3, 0.4) is 0 Å². The Kier molecular flexibility index (Phi) is 3.82. The minimum absolute atomic E-state index is 0.761. The number of pyridine rings is 1. The fraction of sp³-hybridized carbons (Fsp3) is 0.333. The van der Waals surface area contributed by atoms with Crippen LogP contribution in [0.15, 0.2) is 30.7 Å². The van der Waals surface area contributed by atoms with Gasteiger partial charge in [0.1, 0.15) is 0 Å². The highest BCUT2D eigenvalue weighted by Crippen LogP contribution is 2.22. The number of nitrogens with one attached hydrogen (secondary N) is 1. The molecule has 0 bridgehead atoms.